The first kappa shape index (κ1) is 23.2. The third-order valence-electron chi connectivity index (χ3n) is 4.46. The summed E-state index contributed by atoms with van der Waals surface area (Å²) in [4.78, 5) is 24.4. The van der Waals surface area contributed by atoms with Crippen LogP contribution in [0.1, 0.15) is 17.0 Å². The van der Waals surface area contributed by atoms with Crippen molar-refractivity contribution in [1.29, 1.82) is 0 Å². The second-order valence-electron chi connectivity index (χ2n) is 6.70. The van der Waals surface area contributed by atoms with Gasteiger partial charge in [-0.2, -0.15) is 13.9 Å². The summed E-state index contributed by atoms with van der Waals surface area (Å²) in [6.45, 7) is 3.18. The maximum atomic E-state index is 12.6. The number of esters is 1. The zero-order valence-corrected chi connectivity index (χ0v) is 18.2. The maximum Gasteiger partial charge on any atom is 0.331 e. The average molecular weight is 458 g/mol. The number of carbonyl (C=O) groups excluding carboxylic acids is 2. The Bertz CT molecular complexity index is 1130. The van der Waals surface area contributed by atoms with Gasteiger partial charge in [0.05, 0.1) is 17.1 Å². The van der Waals surface area contributed by atoms with Crippen molar-refractivity contribution in [2.45, 2.75) is 24.5 Å². The van der Waals surface area contributed by atoms with E-state index < -0.39 is 24.2 Å². The molecule has 0 saturated heterocycles. The number of anilines is 1. The van der Waals surface area contributed by atoms with Gasteiger partial charge >= 0.3 is 5.97 Å². The Hall–Kier alpha value is -3.46. The van der Waals surface area contributed by atoms with Crippen LogP contribution < -0.4 is 5.32 Å². The fourth-order valence-electron chi connectivity index (χ4n) is 3.01. The van der Waals surface area contributed by atoms with Crippen LogP contribution in [0, 0.1) is 13.8 Å². The number of hydrogen-bond donors (Lipinski definition) is 1. The number of alkyl halides is 2. The number of nitrogens with zero attached hydrogens (tertiary/aromatic N) is 2. The highest BCUT2D eigenvalue weighted by molar-refractivity contribution is 7.99. The summed E-state index contributed by atoms with van der Waals surface area (Å²) in [5, 5.41) is 6.98. The van der Waals surface area contributed by atoms with Crippen molar-refractivity contribution in [3.8, 4) is 5.69 Å². The van der Waals surface area contributed by atoms with E-state index in [0.717, 1.165) is 22.6 Å². The Labute approximate surface area is 188 Å². The average Bonchev–Trinajstić information content (AvgIpc) is 3.06. The number of carbonyl (C=O) groups is 2. The number of thioether (sulfide) groups is 1. The van der Waals surface area contributed by atoms with Gasteiger partial charge in [0.15, 0.2) is 6.61 Å². The van der Waals surface area contributed by atoms with Crippen molar-refractivity contribution >= 4 is 35.4 Å². The molecule has 0 fully saturated rings. The predicted molar refractivity (Wildman–Crippen MR) is 120 cm³/mol. The zero-order chi connectivity index (χ0) is 23.1. The fourth-order valence-corrected chi connectivity index (χ4v) is 3.60. The van der Waals surface area contributed by atoms with Crippen LogP contribution in [-0.4, -0.2) is 34.0 Å². The number of benzene rings is 2. The lowest BCUT2D eigenvalue weighted by molar-refractivity contribution is -0.142. The lowest BCUT2D eigenvalue weighted by Gasteiger charge is -2.10. The van der Waals surface area contributed by atoms with Gasteiger partial charge in [0.1, 0.15) is 0 Å². The van der Waals surface area contributed by atoms with Gasteiger partial charge in [-0.1, -0.05) is 42.1 Å². The predicted octanol–water partition coefficient (Wildman–Crippen LogP) is 5.00. The molecular formula is C23H21F2N3O3S. The minimum Gasteiger partial charge on any atom is -0.452 e. The highest BCUT2D eigenvalue weighted by Gasteiger charge is 2.14. The molecule has 0 unspecified atom stereocenters. The van der Waals surface area contributed by atoms with E-state index in [4.69, 9.17) is 4.74 Å². The molecule has 0 aliphatic rings. The molecule has 1 heterocycles. The largest absolute Gasteiger partial charge is 0.452 e. The Morgan fingerprint density at radius 3 is 2.53 bits per heavy atom. The number of halogens is 2. The van der Waals surface area contributed by atoms with E-state index in [1.807, 2.05) is 44.2 Å². The highest BCUT2D eigenvalue weighted by Crippen LogP contribution is 2.31. The Kier molecular flexibility index (Phi) is 7.77. The van der Waals surface area contributed by atoms with Gasteiger partial charge < -0.3 is 10.1 Å². The number of aryl methyl sites for hydroxylation is 1. The van der Waals surface area contributed by atoms with E-state index in [2.05, 4.69) is 10.4 Å². The molecule has 32 heavy (non-hydrogen) atoms. The smallest absolute Gasteiger partial charge is 0.331 e. The normalized spacial score (nSPS) is 11.2. The second kappa shape index (κ2) is 10.7. The lowest BCUT2D eigenvalue weighted by atomic mass is 10.2. The first-order chi connectivity index (χ1) is 15.3. The molecule has 6 nitrogen and oxygen atoms in total. The van der Waals surface area contributed by atoms with Gasteiger partial charge in [0.2, 0.25) is 0 Å². The molecule has 0 spiro atoms. The molecule has 0 radical (unpaired) electrons. The molecule has 0 bridgehead atoms. The third kappa shape index (κ3) is 6.04. The van der Waals surface area contributed by atoms with Crippen LogP contribution in [0.25, 0.3) is 11.8 Å². The summed E-state index contributed by atoms with van der Waals surface area (Å²) in [5.41, 5.74) is 3.49. The first-order valence-electron chi connectivity index (χ1n) is 9.65. The number of hydrogen-bond acceptors (Lipinski definition) is 5. The van der Waals surface area contributed by atoms with Crippen LogP contribution in [0.3, 0.4) is 0 Å². The van der Waals surface area contributed by atoms with Crippen molar-refractivity contribution in [3.63, 3.8) is 0 Å². The molecule has 1 amide bonds. The topological polar surface area (TPSA) is 73.2 Å². The third-order valence-corrected chi connectivity index (χ3v) is 5.24. The molecule has 0 aliphatic heterocycles. The van der Waals surface area contributed by atoms with E-state index in [-0.39, 0.29) is 10.6 Å². The minimum absolute atomic E-state index is 0.225. The number of ether oxygens (including phenoxy) is 1. The van der Waals surface area contributed by atoms with Crippen LogP contribution in [0.15, 0.2) is 65.6 Å². The molecule has 0 saturated carbocycles. The summed E-state index contributed by atoms with van der Waals surface area (Å²) < 4.78 is 32.0. The van der Waals surface area contributed by atoms with Gasteiger partial charge in [-0.05, 0) is 44.2 Å². The summed E-state index contributed by atoms with van der Waals surface area (Å²) in [5.74, 6) is -3.95. The van der Waals surface area contributed by atoms with Crippen LogP contribution >= 0.6 is 11.8 Å². The van der Waals surface area contributed by atoms with Crippen LogP contribution in [0.5, 0.6) is 0 Å². The number of aromatic nitrogens is 2. The highest BCUT2D eigenvalue weighted by atomic mass is 32.2. The van der Waals surface area contributed by atoms with E-state index in [9.17, 15) is 18.4 Å². The van der Waals surface area contributed by atoms with Crippen molar-refractivity contribution in [2.75, 3.05) is 11.9 Å². The molecule has 3 rings (SSSR count). The molecule has 1 N–H and O–H groups in total. The summed E-state index contributed by atoms with van der Waals surface area (Å²) in [6, 6.07) is 15.8. The monoisotopic (exact) mass is 457 g/mol. The molecule has 2 aromatic carbocycles. The second-order valence-corrected chi connectivity index (χ2v) is 7.73. The van der Waals surface area contributed by atoms with Crippen molar-refractivity contribution < 1.29 is 23.1 Å². The number of rotatable bonds is 8. The standard InChI is InChI=1S/C23H21F2N3O3S/c1-15-18(16(2)28(27-15)17-8-4-3-5-9-17)12-13-22(30)31-14-21(29)26-19-10-6-7-11-20(19)32-23(24)25/h3-13,23H,14H2,1-2H3,(H,26,29)/b13-12-. The van der Waals surface area contributed by atoms with E-state index >= 15 is 0 Å². The molecule has 0 atom stereocenters. The van der Waals surface area contributed by atoms with Gasteiger partial charge in [-0.15, -0.1) is 0 Å². The number of amides is 1. The maximum absolute atomic E-state index is 12.6. The number of nitrogens with one attached hydrogen (secondary N) is 1. The molecule has 9 heteroatoms. The Balaban J connectivity index is 1.59. The van der Waals surface area contributed by atoms with Crippen molar-refractivity contribution in [3.05, 3.63) is 77.6 Å². The molecular weight excluding hydrogens is 436 g/mol. The van der Waals surface area contributed by atoms with Gasteiger partial charge in [0, 0.05) is 22.2 Å². The van der Waals surface area contributed by atoms with Gasteiger partial charge in [0.25, 0.3) is 11.7 Å². The Morgan fingerprint density at radius 1 is 1.12 bits per heavy atom. The SMILES string of the molecule is Cc1nn(-c2ccccc2)c(C)c1/C=C\C(=O)OCC(=O)Nc1ccccc1SC(F)F. The van der Waals surface area contributed by atoms with Crippen LogP contribution in [0.4, 0.5) is 14.5 Å². The minimum atomic E-state index is -2.62. The molecule has 3 aromatic rings. The quantitative estimate of drug-likeness (QED) is 0.293. The summed E-state index contributed by atoms with van der Waals surface area (Å²) in [7, 11) is 0. The van der Waals surface area contributed by atoms with Crippen molar-refractivity contribution in [2.24, 2.45) is 0 Å². The van der Waals surface area contributed by atoms with Crippen molar-refractivity contribution in [1.82, 2.24) is 9.78 Å². The molecule has 1 aromatic heterocycles. The van der Waals surface area contributed by atoms with E-state index in [0.29, 0.717) is 11.8 Å². The molecule has 0 aliphatic carbocycles. The van der Waals surface area contributed by atoms with Crippen LogP contribution in [0.2, 0.25) is 0 Å². The first-order valence-corrected chi connectivity index (χ1v) is 10.5. The van der Waals surface area contributed by atoms with Gasteiger partial charge in [-0.25, -0.2) is 9.48 Å². The number of para-hydroxylation sites is 2. The molecule has 166 valence electrons. The lowest BCUT2D eigenvalue weighted by Crippen LogP contribution is -2.20. The Morgan fingerprint density at radius 2 is 1.81 bits per heavy atom. The van der Waals surface area contributed by atoms with Gasteiger partial charge in [-0.3, -0.25) is 4.79 Å². The van der Waals surface area contributed by atoms with Crippen LogP contribution in [-0.2, 0) is 14.3 Å². The summed E-state index contributed by atoms with van der Waals surface area (Å²) >= 11 is 0.325. The summed E-state index contributed by atoms with van der Waals surface area (Å²) in [6.07, 6.45) is 2.81. The van der Waals surface area contributed by atoms with E-state index in [1.165, 1.54) is 18.2 Å². The zero-order valence-electron chi connectivity index (χ0n) is 17.4. The fraction of sp³-hybridized carbons (Fsp3) is 0.174. The van der Waals surface area contributed by atoms with E-state index in [1.54, 1.807) is 22.9 Å².